The molecule has 106 valence electrons. The first-order chi connectivity index (χ1) is 9.01. The van der Waals surface area contributed by atoms with Crippen molar-refractivity contribution in [3.8, 4) is 0 Å². The van der Waals surface area contributed by atoms with E-state index in [-0.39, 0.29) is 0 Å². The monoisotopic (exact) mass is 265 g/mol. The zero-order chi connectivity index (χ0) is 14.0. The predicted octanol–water partition coefficient (Wildman–Crippen LogP) is 0.848. The van der Waals surface area contributed by atoms with Gasteiger partial charge in [-0.05, 0) is 25.7 Å². The number of nitrogens with one attached hydrogen (secondary N) is 1. The third-order valence-corrected chi connectivity index (χ3v) is 3.54. The maximum absolute atomic E-state index is 5.43. The van der Waals surface area contributed by atoms with Crippen molar-refractivity contribution >= 4 is 17.8 Å². The molecule has 2 rings (SSSR count). The summed E-state index contributed by atoms with van der Waals surface area (Å²) in [7, 11) is 3.81. The zero-order valence-corrected chi connectivity index (χ0v) is 12.1. The van der Waals surface area contributed by atoms with E-state index in [1.54, 1.807) is 0 Å². The molecule has 1 saturated heterocycles. The quantitative estimate of drug-likeness (QED) is 0.619. The van der Waals surface area contributed by atoms with Crippen molar-refractivity contribution in [2.75, 3.05) is 35.9 Å². The number of hydrazine groups is 1. The predicted molar refractivity (Wildman–Crippen MR) is 77.2 cm³/mol. The third-order valence-electron chi connectivity index (χ3n) is 3.54. The van der Waals surface area contributed by atoms with E-state index in [0.717, 1.165) is 18.9 Å². The Balaban J connectivity index is 2.30. The van der Waals surface area contributed by atoms with E-state index in [2.05, 4.69) is 39.1 Å². The average Bonchev–Trinajstić information content (AvgIpc) is 2.38. The number of hydrogen-bond acceptors (Lipinski definition) is 7. The van der Waals surface area contributed by atoms with Crippen LogP contribution >= 0.6 is 0 Å². The summed E-state index contributed by atoms with van der Waals surface area (Å²) < 4.78 is 0. The molecule has 0 aromatic carbocycles. The van der Waals surface area contributed by atoms with E-state index in [4.69, 9.17) is 5.84 Å². The van der Waals surface area contributed by atoms with Gasteiger partial charge >= 0.3 is 0 Å². The van der Waals surface area contributed by atoms with Gasteiger partial charge in [0.1, 0.15) is 0 Å². The number of nitrogens with two attached hydrogens (primary N) is 1. The number of aromatic nitrogens is 3. The number of nitrogen functional groups attached to an aromatic ring is 1. The minimum atomic E-state index is 0.402. The maximum atomic E-state index is 5.43. The van der Waals surface area contributed by atoms with Crippen LogP contribution in [-0.4, -0.2) is 41.6 Å². The fourth-order valence-corrected chi connectivity index (χ4v) is 2.45. The first-order valence-electron chi connectivity index (χ1n) is 6.68. The molecular formula is C12H23N7. The van der Waals surface area contributed by atoms with Crippen LogP contribution in [0.5, 0.6) is 0 Å². The number of anilines is 3. The number of rotatable bonds is 3. The van der Waals surface area contributed by atoms with E-state index in [9.17, 15) is 0 Å². The molecule has 0 bridgehead atoms. The van der Waals surface area contributed by atoms with Crippen LogP contribution in [0.25, 0.3) is 0 Å². The topological polar surface area (TPSA) is 83.2 Å². The molecule has 1 aromatic heterocycles. The molecule has 2 heterocycles. The highest BCUT2D eigenvalue weighted by molar-refractivity contribution is 5.44. The van der Waals surface area contributed by atoms with Crippen LogP contribution in [0, 0.1) is 5.92 Å². The molecule has 2 atom stereocenters. The minimum absolute atomic E-state index is 0.402. The summed E-state index contributed by atoms with van der Waals surface area (Å²) in [5, 5.41) is 0. The van der Waals surface area contributed by atoms with Crippen molar-refractivity contribution in [2.45, 2.75) is 32.7 Å². The largest absolute Gasteiger partial charge is 0.347 e. The highest BCUT2D eigenvalue weighted by Crippen LogP contribution is 2.26. The summed E-state index contributed by atoms with van der Waals surface area (Å²) in [5.41, 5.74) is 2.51. The first-order valence-corrected chi connectivity index (χ1v) is 6.68. The van der Waals surface area contributed by atoms with Crippen molar-refractivity contribution in [1.29, 1.82) is 0 Å². The molecular weight excluding hydrogens is 242 g/mol. The van der Waals surface area contributed by atoms with E-state index in [1.165, 1.54) is 6.42 Å². The lowest BCUT2D eigenvalue weighted by Gasteiger charge is -2.36. The van der Waals surface area contributed by atoms with Crippen LogP contribution in [-0.2, 0) is 0 Å². The van der Waals surface area contributed by atoms with Crippen LogP contribution < -0.4 is 21.1 Å². The Labute approximate surface area is 114 Å². The molecule has 0 saturated carbocycles. The number of piperidine rings is 1. The maximum Gasteiger partial charge on any atom is 0.243 e. The zero-order valence-electron chi connectivity index (χ0n) is 12.1. The van der Waals surface area contributed by atoms with Gasteiger partial charge in [0.05, 0.1) is 0 Å². The third kappa shape index (κ3) is 3.04. The lowest BCUT2D eigenvalue weighted by molar-refractivity contribution is 0.374. The number of hydrogen-bond donors (Lipinski definition) is 2. The minimum Gasteiger partial charge on any atom is -0.347 e. The number of nitrogens with zero attached hydrogens (tertiary/aromatic N) is 5. The highest BCUT2D eigenvalue weighted by atomic mass is 15.4. The Bertz CT molecular complexity index is 434. The molecule has 1 fully saturated rings. The van der Waals surface area contributed by atoms with Crippen LogP contribution in [0.4, 0.5) is 17.8 Å². The van der Waals surface area contributed by atoms with Gasteiger partial charge in [-0.15, -0.1) is 0 Å². The van der Waals surface area contributed by atoms with Gasteiger partial charge in [0.15, 0.2) is 0 Å². The lowest BCUT2D eigenvalue weighted by Crippen LogP contribution is -2.41. The van der Waals surface area contributed by atoms with Crippen molar-refractivity contribution in [1.82, 2.24) is 15.0 Å². The van der Waals surface area contributed by atoms with E-state index in [0.29, 0.717) is 23.9 Å². The summed E-state index contributed by atoms with van der Waals surface area (Å²) in [6.45, 7) is 5.48. The molecule has 0 spiro atoms. The summed E-state index contributed by atoms with van der Waals surface area (Å²) in [4.78, 5) is 17.2. The van der Waals surface area contributed by atoms with Crippen molar-refractivity contribution in [2.24, 2.45) is 11.8 Å². The summed E-state index contributed by atoms with van der Waals surface area (Å²) >= 11 is 0. The Morgan fingerprint density at radius 3 is 2.58 bits per heavy atom. The lowest BCUT2D eigenvalue weighted by atomic mass is 9.94. The van der Waals surface area contributed by atoms with Gasteiger partial charge in [0.2, 0.25) is 17.8 Å². The van der Waals surface area contributed by atoms with Gasteiger partial charge in [-0.3, -0.25) is 5.43 Å². The molecule has 1 aliphatic rings. The van der Waals surface area contributed by atoms with Crippen molar-refractivity contribution < 1.29 is 0 Å². The molecule has 19 heavy (non-hydrogen) atoms. The summed E-state index contributed by atoms with van der Waals surface area (Å²) in [6, 6.07) is 0.437. The fraction of sp³-hybridized carbons (Fsp3) is 0.750. The van der Waals surface area contributed by atoms with Crippen LogP contribution in [0.2, 0.25) is 0 Å². The molecule has 0 radical (unpaired) electrons. The van der Waals surface area contributed by atoms with Gasteiger partial charge in [-0.1, -0.05) is 6.92 Å². The van der Waals surface area contributed by atoms with Gasteiger partial charge in [0.25, 0.3) is 0 Å². The molecule has 3 N–H and O–H groups in total. The van der Waals surface area contributed by atoms with Crippen molar-refractivity contribution in [3.63, 3.8) is 0 Å². The highest BCUT2D eigenvalue weighted by Gasteiger charge is 2.25. The van der Waals surface area contributed by atoms with E-state index in [1.807, 2.05) is 19.0 Å². The normalized spacial score (nSPS) is 23.3. The van der Waals surface area contributed by atoms with Crippen LogP contribution in [0.15, 0.2) is 0 Å². The molecule has 0 amide bonds. The van der Waals surface area contributed by atoms with Gasteiger partial charge in [-0.25, -0.2) is 5.84 Å². The standard InChI is InChI=1S/C12H23N7/c1-8-5-6-19(9(2)7-8)12-15-10(17-13)14-11(16-12)18(3)4/h8-9H,5-7,13H2,1-4H3,(H,14,15,16,17). The first kappa shape index (κ1) is 13.8. The Morgan fingerprint density at radius 2 is 2.00 bits per heavy atom. The molecule has 2 unspecified atom stereocenters. The Kier molecular flexibility index (Phi) is 4.04. The summed E-state index contributed by atoms with van der Waals surface area (Å²) in [6.07, 6.45) is 2.33. The fourth-order valence-electron chi connectivity index (χ4n) is 2.45. The van der Waals surface area contributed by atoms with E-state index < -0.39 is 0 Å². The second-order valence-corrected chi connectivity index (χ2v) is 5.47. The molecule has 1 aromatic rings. The van der Waals surface area contributed by atoms with Crippen LogP contribution in [0.3, 0.4) is 0 Å². The van der Waals surface area contributed by atoms with Gasteiger partial charge in [0, 0.05) is 26.7 Å². The molecule has 0 aliphatic carbocycles. The Morgan fingerprint density at radius 1 is 1.26 bits per heavy atom. The smallest absolute Gasteiger partial charge is 0.243 e. The second kappa shape index (κ2) is 5.56. The molecule has 1 aliphatic heterocycles. The Hall–Kier alpha value is -1.63. The average molecular weight is 265 g/mol. The molecule has 7 heteroatoms. The molecule has 7 nitrogen and oxygen atoms in total. The van der Waals surface area contributed by atoms with Gasteiger partial charge < -0.3 is 9.80 Å². The van der Waals surface area contributed by atoms with Crippen LogP contribution in [0.1, 0.15) is 26.7 Å². The summed E-state index contributed by atoms with van der Waals surface area (Å²) in [5.74, 6) is 7.91. The SMILES string of the molecule is CC1CCN(c2nc(NN)nc(N(C)C)n2)C(C)C1. The second-order valence-electron chi connectivity index (χ2n) is 5.47. The van der Waals surface area contributed by atoms with Crippen molar-refractivity contribution in [3.05, 3.63) is 0 Å². The van der Waals surface area contributed by atoms with Gasteiger partial charge in [-0.2, -0.15) is 15.0 Å². The van der Waals surface area contributed by atoms with E-state index >= 15 is 0 Å².